The van der Waals surface area contributed by atoms with Gasteiger partial charge in [-0.15, -0.1) is 0 Å². The van der Waals surface area contributed by atoms with Gasteiger partial charge in [0.15, 0.2) is 0 Å². The minimum Gasteiger partial charge on any atom is -0.322 e. The molecule has 1 aromatic rings. The zero-order valence-corrected chi connectivity index (χ0v) is 20.1. The van der Waals surface area contributed by atoms with Gasteiger partial charge in [0.2, 0.25) is 0 Å². The Morgan fingerprint density at radius 3 is 1.57 bits per heavy atom. The summed E-state index contributed by atoms with van der Waals surface area (Å²) in [6.07, 6.45) is 20.2. The smallest absolute Gasteiger partial charge is 0.0627 e. The molecule has 1 rings (SSSR count). The first-order valence-electron chi connectivity index (χ1n) is 11.6. The lowest BCUT2D eigenvalue weighted by atomic mass is 9.88. The van der Waals surface area contributed by atoms with Gasteiger partial charge in [-0.2, -0.15) is 0 Å². The molecule has 0 aliphatic carbocycles. The zero-order valence-electron chi connectivity index (χ0n) is 18.6. The fourth-order valence-corrected chi connectivity index (χ4v) is 4.37. The quantitative estimate of drug-likeness (QED) is 0.261. The molecule has 0 heterocycles. The molecule has 0 radical (unpaired) electrons. The van der Waals surface area contributed by atoms with Gasteiger partial charge in [-0.3, -0.25) is 0 Å². The monoisotopic (exact) mass is 427 g/mol. The van der Waals surface area contributed by atoms with E-state index in [1.165, 1.54) is 83.5 Å². The predicted octanol–water partition coefficient (Wildman–Crippen LogP) is 9.21. The van der Waals surface area contributed by atoms with Crippen molar-refractivity contribution < 1.29 is 0 Å². The summed E-state index contributed by atoms with van der Waals surface area (Å²) in [6.45, 7) is 6.34. The zero-order chi connectivity index (χ0) is 20.8. The minimum absolute atomic E-state index is 0.389. The van der Waals surface area contributed by atoms with Crippen LogP contribution in [0, 0.1) is 0 Å². The maximum Gasteiger partial charge on any atom is 0.0627 e. The van der Waals surface area contributed by atoms with Crippen molar-refractivity contribution in [3.05, 3.63) is 33.3 Å². The summed E-state index contributed by atoms with van der Waals surface area (Å²) in [5.41, 5.74) is 8.20. The molecule has 0 unspecified atom stereocenters. The van der Waals surface area contributed by atoms with E-state index in [1.54, 1.807) is 0 Å². The first-order chi connectivity index (χ1) is 13.4. The van der Waals surface area contributed by atoms with Gasteiger partial charge in [0.25, 0.3) is 0 Å². The predicted molar refractivity (Wildman–Crippen MR) is 128 cm³/mol. The molecule has 0 fully saturated rings. The van der Waals surface area contributed by atoms with Crippen LogP contribution in [0.4, 0.5) is 0 Å². The molecule has 0 spiro atoms. The summed E-state index contributed by atoms with van der Waals surface area (Å²) in [7, 11) is 0. The van der Waals surface area contributed by atoms with E-state index in [0.717, 1.165) is 24.0 Å². The number of nitrogens with two attached hydrogens (primary N) is 1. The third-order valence-corrected chi connectivity index (χ3v) is 6.51. The molecule has 162 valence electrons. The van der Waals surface area contributed by atoms with Crippen molar-refractivity contribution in [2.75, 3.05) is 0 Å². The van der Waals surface area contributed by atoms with Gasteiger partial charge in [0.1, 0.15) is 0 Å². The van der Waals surface area contributed by atoms with Gasteiger partial charge < -0.3 is 5.73 Å². The third-order valence-electron chi connectivity index (χ3n) is 5.67. The second kappa shape index (κ2) is 14.7. The second-order valence-corrected chi connectivity index (χ2v) is 9.74. The SMILES string of the molecule is CCCCCCCCCCCCCCCCc1c(C(C)(C)N)ccc(Cl)c1Cl. The molecule has 1 nitrogen and oxygen atoms in total. The third kappa shape index (κ3) is 10.5. The number of benzene rings is 1. The minimum atomic E-state index is -0.389. The molecule has 0 aliphatic heterocycles. The molecule has 0 saturated carbocycles. The second-order valence-electron chi connectivity index (χ2n) is 8.96. The van der Waals surface area contributed by atoms with E-state index in [4.69, 9.17) is 28.9 Å². The van der Waals surface area contributed by atoms with Crippen LogP contribution in [0.5, 0.6) is 0 Å². The normalized spacial score (nSPS) is 11.9. The van der Waals surface area contributed by atoms with Crippen LogP contribution in [-0.2, 0) is 12.0 Å². The van der Waals surface area contributed by atoms with Crippen molar-refractivity contribution in [1.29, 1.82) is 0 Å². The Morgan fingerprint density at radius 1 is 0.714 bits per heavy atom. The van der Waals surface area contributed by atoms with Gasteiger partial charge in [-0.1, -0.05) is 120 Å². The molecule has 0 aromatic heterocycles. The van der Waals surface area contributed by atoms with E-state index in [0.29, 0.717) is 10.0 Å². The van der Waals surface area contributed by atoms with E-state index in [-0.39, 0.29) is 5.54 Å². The highest BCUT2D eigenvalue weighted by atomic mass is 35.5. The summed E-state index contributed by atoms with van der Waals surface area (Å²) >= 11 is 12.7. The van der Waals surface area contributed by atoms with Gasteiger partial charge in [-0.25, -0.2) is 0 Å². The average molecular weight is 429 g/mol. The van der Waals surface area contributed by atoms with E-state index >= 15 is 0 Å². The number of hydrogen-bond donors (Lipinski definition) is 1. The molecule has 0 atom stereocenters. The van der Waals surface area contributed by atoms with Crippen molar-refractivity contribution in [3.63, 3.8) is 0 Å². The lowest BCUT2D eigenvalue weighted by molar-refractivity contribution is 0.531. The van der Waals surface area contributed by atoms with Crippen molar-refractivity contribution >= 4 is 23.2 Å². The topological polar surface area (TPSA) is 26.0 Å². The fraction of sp³-hybridized carbons (Fsp3) is 0.760. The number of hydrogen-bond acceptors (Lipinski definition) is 1. The summed E-state index contributed by atoms with van der Waals surface area (Å²) < 4.78 is 0. The highest BCUT2D eigenvalue weighted by Gasteiger charge is 2.21. The molecule has 3 heteroatoms. The van der Waals surface area contributed by atoms with E-state index in [1.807, 2.05) is 26.0 Å². The van der Waals surface area contributed by atoms with Crippen LogP contribution < -0.4 is 5.73 Å². The maximum absolute atomic E-state index is 6.48. The van der Waals surface area contributed by atoms with Gasteiger partial charge in [0.05, 0.1) is 10.0 Å². The largest absolute Gasteiger partial charge is 0.322 e. The Balaban J connectivity index is 2.12. The van der Waals surface area contributed by atoms with Gasteiger partial charge in [0, 0.05) is 5.54 Å². The molecule has 28 heavy (non-hydrogen) atoms. The van der Waals surface area contributed by atoms with E-state index in [9.17, 15) is 0 Å². The van der Waals surface area contributed by atoms with Crippen LogP contribution in [0.2, 0.25) is 10.0 Å². The number of halogens is 2. The van der Waals surface area contributed by atoms with Gasteiger partial charge in [-0.05, 0) is 43.9 Å². The van der Waals surface area contributed by atoms with Crippen LogP contribution >= 0.6 is 23.2 Å². The first-order valence-corrected chi connectivity index (χ1v) is 12.4. The molecule has 0 amide bonds. The Bertz CT molecular complexity index is 534. The maximum atomic E-state index is 6.48. The summed E-state index contributed by atoms with van der Waals surface area (Å²) in [4.78, 5) is 0. The highest BCUT2D eigenvalue weighted by Crippen LogP contribution is 2.34. The lowest BCUT2D eigenvalue weighted by Crippen LogP contribution is -2.30. The van der Waals surface area contributed by atoms with Crippen LogP contribution in [0.3, 0.4) is 0 Å². The molecule has 0 aliphatic rings. The Kier molecular flexibility index (Phi) is 13.5. The van der Waals surface area contributed by atoms with E-state index in [2.05, 4.69) is 6.92 Å². The number of rotatable bonds is 16. The van der Waals surface area contributed by atoms with Crippen LogP contribution in [-0.4, -0.2) is 0 Å². The summed E-state index contributed by atoms with van der Waals surface area (Å²) in [5.74, 6) is 0. The summed E-state index contributed by atoms with van der Waals surface area (Å²) in [6, 6.07) is 3.90. The number of unbranched alkanes of at least 4 members (excludes halogenated alkanes) is 13. The van der Waals surface area contributed by atoms with Crippen LogP contribution in [0.15, 0.2) is 12.1 Å². The molecule has 2 N–H and O–H groups in total. The lowest BCUT2D eigenvalue weighted by Gasteiger charge is -2.24. The molecular formula is C25H43Cl2N. The average Bonchev–Trinajstić information content (AvgIpc) is 2.64. The van der Waals surface area contributed by atoms with E-state index < -0.39 is 0 Å². The first kappa shape index (κ1) is 25.8. The molecule has 1 aromatic carbocycles. The Hall–Kier alpha value is -0.240. The highest BCUT2D eigenvalue weighted by molar-refractivity contribution is 6.42. The summed E-state index contributed by atoms with van der Waals surface area (Å²) in [5, 5.41) is 1.32. The van der Waals surface area contributed by atoms with Crippen LogP contribution in [0.1, 0.15) is 122 Å². The molecular weight excluding hydrogens is 385 g/mol. The Morgan fingerprint density at radius 2 is 1.14 bits per heavy atom. The molecule has 0 bridgehead atoms. The van der Waals surface area contributed by atoms with Crippen LogP contribution in [0.25, 0.3) is 0 Å². The van der Waals surface area contributed by atoms with Crippen molar-refractivity contribution in [1.82, 2.24) is 0 Å². The molecule has 0 saturated heterocycles. The van der Waals surface area contributed by atoms with Crippen molar-refractivity contribution in [2.45, 2.75) is 123 Å². The fourth-order valence-electron chi connectivity index (χ4n) is 3.94. The van der Waals surface area contributed by atoms with Crippen molar-refractivity contribution in [3.8, 4) is 0 Å². The van der Waals surface area contributed by atoms with Crippen molar-refractivity contribution in [2.24, 2.45) is 5.73 Å². The standard InChI is InChI=1S/C25H43Cl2N/c1-4-5-6-7-8-9-10-11-12-13-14-15-16-17-18-21-22(25(2,3)28)19-20-23(26)24(21)27/h19-20H,4-18,28H2,1-3H3. The Labute approximate surface area is 184 Å². The van der Waals surface area contributed by atoms with Gasteiger partial charge >= 0.3 is 0 Å².